The van der Waals surface area contributed by atoms with E-state index in [-0.39, 0.29) is 5.91 Å². The summed E-state index contributed by atoms with van der Waals surface area (Å²) >= 11 is 8.75. The molecule has 1 aromatic rings. The Labute approximate surface area is 140 Å². The predicted octanol–water partition coefficient (Wildman–Crippen LogP) is 3.94. The monoisotopic (exact) mass is 420 g/mol. The third kappa shape index (κ3) is 4.76. The van der Waals surface area contributed by atoms with Gasteiger partial charge in [-0.3, -0.25) is 4.79 Å². The predicted molar refractivity (Wildman–Crippen MR) is 93.6 cm³/mol. The summed E-state index contributed by atoms with van der Waals surface area (Å²) in [6.07, 6.45) is 2.30. The Morgan fingerprint density at radius 1 is 1.35 bits per heavy atom. The van der Waals surface area contributed by atoms with E-state index in [0.717, 1.165) is 46.1 Å². The average Bonchev–Trinajstić information content (AvgIpc) is 2.42. The highest BCUT2D eigenvalue weighted by atomic mass is 79.9. The van der Waals surface area contributed by atoms with Crippen LogP contribution < -0.4 is 10.6 Å². The minimum atomic E-state index is 0.0544. The largest absolute Gasteiger partial charge is 0.323 e. The van der Waals surface area contributed by atoms with Crippen molar-refractivity contribution < 1.29 is 4.79 Å². The first-order valence-corrected chi connectivity index (χ1v) is 9.27. The van der Waals surface area contributed by atoms with Gasteiger partial charge in [0.15, 0.2) is 0 Å². The van der Waals surface area contributed by atoms with E-state index in [2.05, 4.69) is 42.5 Å². The number of aryl methyl sites for hydroxylation is 1. The van der Waals surface area contributed by atoms with Gasteiger partial charge in [0.25, 0.3) is 0 Å². The van der Waals surface area contributed by atoms with Crippen LogP contribution >= 0.6 is 43.6 Å². The van der Waals surface area contributed by atoms with Crippen LogP contribution in [0.25, 0.3) is 0 Å². The lowest BCUT2D eigenvalue weighted by molar-refractivity contribution is -0.113. The summed E-state index contributed by atoms with van der Waals surface area (Å²) in [5.74, 6) is 0.566. The summed E-state index contributed by atoms with van der Waals surface area (Å²) in [4.78, 5) is 12.1. The van der Waals surface area contributed by atoms with Gasteiger partial charge >= 0.3 is 0 Å². The van der Waals surface area contributed by atoms with E-state index in [1.54, 1.807) is 11.8 Å². The minimum Gasteiger partial charge on any atom is -0.323 e. The molecular weight excluding hydrogens is 404 g/mol. The number of piperidine rings is 1. The Morgan fingerprint density at radius 3 is 2.55 bits per heavy atom. The van der Waals surface area contributed by atoms with Crippen LogP contribution in [0.15, 0.2) is 21.1 Å². The molecule has 0 saturated carbocycles. The number of rotatable bonds is 4. The second-order valence-electron chi connectivity index (χ2n) is 4.91. The van der Waals surface area contributed by atoms with Crippen LogP contribution in [-0.4, -0.2) is 30.0 Å². The maximum absolute atomic E-state index is 12.1. The lowest BCUT2D eigenvalue weighted by Gasteiger charge is -2.21. The van der Waals surface area contributed by atoms with Crippen LogP contribution in [0, 0.1) is 6.92 Å². The van der Waals surface area contributed by atoms with Crippen molar-refractivity contribution in [2.75, 3.05) is 24.2 Å². The molecule has 0 atom stereocenters. The molecule has 1 saturated heterocycles. The van der Waals surface area contributed by atoms with Gasteiger partial charge in [-0.15, -0.1) is 11.8 Å². The maximum atomic E-state index is 12.1. The highest BCUT2D eigenvalue weighted by Gasteiger charge is 2.16. The number of benzene rings is 1. The van der Waals surface area contributed by atoms with Crippen LogP contribution in [0.2, 0.25) is 0 Å². The van der Waals surface area contributed by atoms with Gasteiger partial charge in [0, 0.05) is 14.2 Å². The molecule has 0 radical (unpaired) electrons. The Morgan fingerprint density at radius 2 is 1.95 bits per heavy atom. The zero-order valence-corrected chi connectivity index (χ0v) is 15.3. The number of amides is 1. The third-order valence-electron chi connectivity index (χ3n) is 3.19. The molecule has 110 valence electrons. The van der Waals surface area contributed by atoms with E-state index in [4.69, 9.17) is 0 Å². The molecule has 20 heavy (non-hydrogen) atoms. The van der Waals surface area contributed by atoms with Crippen LogP contribution in [0.4, 0.5) is 5.69 Å². The quantitative estimate of drug-likeness (QED) is 0.773. The fourth-order valence-corrected chi connectivity index (χ4v) is 4.79. The lowest BCUT2D eigenvalue weighted by atomic mass is 10.2. The molecule has 3 nitrogen and oxygen atoms in total. The van der Waals surface area contributed by atoms with E-state index >= 15 is 0 Å². The van der Waals surface area contributed by atoms with Crippen molar-refractivity contribution in [2.45, 2.75) is 25.0 Å². The Kier molecular flexibility index (Phi) is 6.39. The second-order valence-corrected chi connectivity index (χ2v) is 7.91. The lowest BCUT2D eigenvalue weighted by Crippen LogP contribution is -2.30. The number of hydrogen-bond donors (Lipinski definition) is 2. The number of hydrogen-bond acceptors (Lipinski definition) is 3. The molecule has 0 aliphatic carbocycles. The van der Waals surface area contributed by atoms with Gasteiger partial charge in [-0.2, -0.15) is 0 Å². The van der Waals surface area contributed by atoms with Crippen LogP contribution in [0.5, 0.6) is 0 Å². The highest BCUT2D eigenvalue weighted by molar-refractivity contribution is 9.11. The number of halogens is 2. The Hall–Kier alpha value is -0.0400. The van der Waals surface area contributed by atoms with Gasteiger partial charge in [0.1, 0.15) is 0 Å². The first-order valence-electron chi connectivity index (χ1n) is 6.64. The summed E-state index contributed by atoms with van der Waals surface area (Å²) in [5.41, 5.74) is 1.96. The van der Waals surface area contributed by atoms with Crippen molar-refractivity contribution in [1.29, 1.82) is 0 Å². The highest BCUT2D eigenvalue weighted by Crippen LogP contribution is 2.32. The smallest absolute Gasteiger partial charge is 0.234 e. The van der Waals surface area contributed by atoms with Gasteiger partial charge in [0.05, 0.1) is 11.4 Å². The summed E-state index contributed by atoms with van der Waals surface area (Å²) < 4.78 is 1.81. The molecule has 0 bridgehead atoms. The van der Waals surface area contributed by atoms with E-state index in [9.17, 15) is 4.79 Å². The molecule has 0 aromatic heterocycles. The zero-order valence-electron chi connectivity index (χ0n) is 11.3. The Balaban J connectivity index is 1.88. The van der Waals surface area contributed by atoms with Crippen molar-refractivity contribution in [1.82, 2.24) is 5.32 Å². The molecule has 1 aromatic carbocycles. The van der Waals surface area contributed by atoms with E-state index < -0.39 is 0 Å². The maximum Gasteiger partial charge on any atom is 0.234 e. The van der Waals surface area contributed by atoms with Gasteiger partial charge in [-0.25, -0.2) is 0 Å². The normalized spacial score (nSPS) is 16.1. The summed E-state index contributed by atoms with van der Waals surface area (Å²) in [7, 11) is 0. The first kappa shape index (κ1) is 16.3. The fraction of sp³-hybridized carbons (Fsp3) is 0.500. The first-order chi connectivity index (χ1) is 9.56. The topological polar surface area (TPSA) is 41.1 Å². The molecule has 1 aliphatic rings. The zero-order chi connectivity index (χ0) is 14.5. The average molecular weight is 422 g/mol. The van der Waals surface area contributed by atoms with Gasteiger partial charge in [-0.05, 0) is 82.4 Å². The molecule has 1 heterocycles. The molecule has 2 N–H and O–H groups in total. The summed E-state index contributed by atoms with van der Waals surface area (Å²) in [6, 6.07) is 4.00. The van der Waals surface area contributed by atoms with Crippen LogP contribution in [0.1, 0.15) is 18.4 Å². The van der Waals surface area contributed by atoms with Crippen LogP contribution in [0.3, 0.4) is 0 Å². The second kappa shape index (κ2) is 7.82. The fourth-order valence-electron chi connectivity index (χ4n) is 2.15. The summed E-state index contributed by atoms with van der Waals surface area (Å²) in [6.45, 7) is 4.15. The molecule has 2 rings (SSSR count). The number of nitrogens with one attached hydrogen (secondary N) is 2. The molecule has 0 unspecified atom stereocenters. The third-order valence-corrected chi connectivity index (χ3v) is 5.81. The number of thioether (sulfide) groups is 1. The van der Waals surface area contributed by atoms with Crippen molar-refractivity contribution in [3.05, 3.63) is 26.6 Å². The number of anilines is 1. The summed E-state index contributed by atoms with van der Waals surface area (Å²) in [5, 5.41) is 6.92. The Bertz CT molecular complexity index is 467. The molecule has 0 spiro atoms. The molecule has 1 aliphatic heterocycles. The van der Waals surface area contributed by atoms with E-state index in [0.29, 0.717) is 11.0 Å². The van der Waals surface area contributed by atoms with Gasteiger partial charge in [0.2, 0.25) is 5.91 Å². The van der Waals surface area contributed by atoms with Crippen LogP contribution in [-0.2, 0) is 4.79 Å². The minimum absolute atomic E-state index is 0.0544. The van der Waals surface area contributed by atoms with Gasteiger partial charge in [-0.1, -0.05) is 0 Å². The van der Waals surface area contributed by atoms with E-state index in [1.807, 2.05) is 19.1 Å². The van der Waals surface area contributed by atoms with Crippen molar-refractivity contribution in [3.8, 4) is 0 Å². The number of carbonyl (C=O) groups excluding carboxylic acids is 1. The number of carbonyl (C=O) groups is 1. The molecule has 1 fully saturated rings. The van der Waals surface area contributed by atoms with Crippen molar-refractivity contribution in [2.24, 2.45) is 0 Å². The molecule has 6 heteroatoms. The standard InChI is InChI=1S/C14H18Br2N2OS/c1-9-6-11(15)14(12(16)7-9)18-13(19)8-20-10-2-4-17-5-3-10/h6-7,10,17H,2-5,8H2,1H3,(H,18,19). The van der Waals surface area contributed by atoms with Gasteiger partial charge < -0.3 is 10.6 Å². The van der Waals surface area contributed by atoms with E-state index in [1.165, 1.54) is 0 Å². The molecular formula is C14H18Br2N2OS. The van der Waals surface area contributed by atoms with Crippen molar-refractivity contribution >= 4 is 55.2 Å². The van der Waals surface area contributed by atoms with Crippen molar-refractivity contribution in [3.63, 3.8) is 0 Å². The SMILES string of the molecule is Cc1cc(Br)c(NC(=O)CSC2CCNCC2)c(Br)c1. The molecule has 1 amide bonds.